The van der Waals surface area contributed by atoms with E-state index in [-0.39, 0.29) is 23.4 Å². The molecule has 0 saturated heterocycles. The Morgan fingerprint density at radius 3 is 2.05 bits per heavy atom. The number of amides is 1. The van der Waals surface area contributed by atoms with Gasteiger partial charge in [-0.1, -0.05) is 97.1 Å². The Bertz CT molecular complexity index is 1590. The molecule has 39 heavy (non-hydrogen) atoms. The smallest absolute Gasteiger partial charge is 0.336 e. The number of allylic oxidation sites excluding steroid dienone is 1. The Kier molecular flexibility index (Phi) is 6.64. The Morgan fingerprint density at radius 1 is 0.769 bits per heavy atom. The van der Waals surface area contributed by atoms with Crippen molar-refractivity contribution in [1.82, 2.24) is 5.01 Å². The van der Waals surface area contributed by atoms with Crippen molar-refractivity contribution >= 4 is 23.7 Å². The minimum atomic E-state index is -1.03. The number of aromatic carboxylic acids is 1. The van der Waals surface area contributed by atoms with Crippen LogP contribution in [0.1, 0.15) is 57.1 Å². The van der Waals surface area contributed by atoms with Gasteiger partial charge in [-0.15, -0.1) is 0 Å². The van der Waals surface area contributed by atoms with E-state index in [9.17, 15) is 14.7 Å². The third kappa shape index (κ3) is 4.68. The summed E-state index contributed by atoms with van der Waals surface area (Å²) in [6.45, 7) is 0. The van der Waals surface area contributed by atoms with E-state index in [0.717, 1.165) is 41.7 Å². The fraction of sp³-hybridized carbons (Fsp3) is 0.147. The first-order valence-corrected chi connectivity index (χ1v) is 13.3. The number of carboxylic acids is 1. The van der Waals surface area contributed by atoms with Crippen molar-refractivity contribution in [3.05, 3.63) is 137 Å². The lowest BCUT2D eigenvalue weighted by Crippen LogP contribution is -2.32. The van der Waals surface area contributed by atoms with Crippen molar-refractivity contribution in [1.29, 1.82) is 0 Å². The van der Waals surface area contributed by atoms with E-state index < -0.39 is 5.97 Å². The second-order valence-electron chi connectivity index (χ2n) is 9.97. The highest BCUT2D eigenvalue weighted by molar-refractivity contribution is 6.10. The normalized spacial score (nSPS) is 19.4. The van der Waals surface area contributed by atoms with Gasteiger partial charge in [-0.3, -0.25) is 4.79 Å². The lowest BCUT2D eigenvalue weighted by atomic mass is 9.77. The zero-order chi connectivity index (χ0) is 26.8. The number of nitrogens with zero attached hydrogens (tertiary/aromatic N) is 2. The summed E-state index contributed by atoms with van der Waals surface area (Å²) in [7, 11) is 0. The summed E-state index contributed by atoms with van der Waals surface area (Å²) in [5.74, 6) is -1.18. The molecule has 0 aromatic heterocycles. The van der Waals surface area contributed by atoms with Gasteiger partial charge in [0.2, 0.25) is 0 Å². The number of carbonyl (C=O) groups excluding carboxylic acids is 1. The maximum atomic E-state index is 14.4. The highest BCUT2D eigenvalue weighted by atomic mass is 16.4. The summed E-state index contributed by atoms with van der Waals surface area (Å²) in [5.41, 5.74) is 5.98. The summed E-state index contributed by atoms with van der Waals surface area (Å²) in [5, 5.41) is 16.5. The fourth-order valence-corrected chi connectivity index (χ4v) is 5.83. The van der Waals surface area contributed by atoms with E-state index >= 15 is 0 Å². The molecule has 2 aliphatic rings. The van der Waals surface area contributed by atoms with Crippen LogP contribution in [0.2, 0.25) is 0 Å². The zero-order valence-electron chi connectivity index (χ0n) is 21.4. The molecule has 0 unspecified atom stereocenters. The van der Waals surface area contributed by atoms with Gasteiger partial charge in [0, 0.05) is 11.5 Å². The molecule has 0 bridgehead atoms. The van der Waals surface area contributed by atoms with Crippen LogP contribution in [0.15, 0.2) is 120 Å². The summed E-state index contributed by atoms with van der Waals surface area (Å²) in [6, 6.07) is 34.1. The standard InChI is InChI=1S/C34H28N2O3/c37-33(28-19-9-7-17-26(28)27-18-8-10-20-29(27)34(38)39)36-32(24-14-5-2-6-15-24)30-21-11-16-25(31(30)35-36)22-23-12-3-1-4-13-23/h1-10,12-15,17-20,22,30,32H,11,16,21H2,(H,38,39)/b25-22+/t30-,32+/m1/s1. The fourth-order valence-electron chi connectivity index (χ4n) is 5.83. The Morgan fingerprint density at radius 2 is 1.36 bits per heavy atom. The van der Waals surface area contributed by atoms with Crippen LogP contribution in [0.3, 0.4) is 0 Å². The predicted molar refractivity (Wildman–Crippen MR) is 153 cm³/mol. The molecule has 4 aromatic carbocycles. The van der Waals surface area contributed by atoms with Crippen molar-refractivity contribution in [2.45, 2.75) is 25.3 Å². The SMILES string of the molecule is O=C(O)c1ccccc1-c1ccccc1C(=O)N1N=C2/C(=C/c3ccccc3)CCC[C@H]2[C@@H]1c1ccccc1. The molecule has 0 spiro atoms. The molecule has 1 N–H and O–H groups in total. The lowest BCUT2D eigenvalue weighted by molar-refractivity contribution is 0.0676. The molecule has 0 radical (unpaired) electrons. The molecular weight excluding hydrogens is 484 g/mol. The number of carbonyl (C=O) groups is 2. The van der Waals surface area contributed by atoms with Crippen LogP contribution < -0.4 is 0 Å². The topological polar surface area (TPSA) is 70.0 Å². The van der Waals surface area contributed by atoms with Gasteiger partial charge < -0.3 is 5.11 Å². The summed E-state index contributed by atoms with van der Waals surface area (Å²) >= 11 is 0. The molecule has 1 heterocycles. The van der Waals surface area contributed by atoms with Gasteiger partial charge in [-0.05, 0) is 65.3 Å². The van der Waals surface area contributed by atoms with Crippen LogP contribution in [-0.2, 0) is 0 Å². The van der Waals surface area contributed by atoms with E-state index in [4.69, 9.17) is 5.10 Å². The lowest BCUT2D eigenvalue weighted by Gasteiger charge is -2.30. The molecule has 4 aromatic rings. The molecule has 1 saturated carbocycles. The molecule has 5 nitrogen and oxygen atoms in total. The number of hydrazone groups is 1. The number of rotatable bonds is 5. The summed E-state index contributed by atoms with van der Waals surface area (Å²) < 4.78 is 0. The van der Waals surface area contributed by atoms with E-state index in [1.165, 1.54) is 0 Å². The number of hydrogen-bond acceptors (Lipinski definition) is 3. The van der Waals surface area contributed by atoms with Crippen molar-refractivity contribution in [3.63, 3.8) is 0 Å². The highest BCUT2D eigenvalue weighted by Gasteiger charge is 2.44. The maximum Gasteiger partial charge on any atom is 0.336 e. The summed E-state index contributed by atoms with van der Waals surface area (Å²) in [4.78, 5) is 26.4. The first-order valence-electron chi connectivity index (χ1n) is 13.3. The van der Waals surface area contributed by atoms with Gasteiger partial charge in [-0.25, -0.2) is 9.80 Å². The Labute approximate surface area is 227 Å². The largest absolute Gasteiger partial charge is 0.478 e. The average Bonchev–Trinajstić information content (AvgIpc) is 3.38. The molecule has 1 amide bonds. The number of fused-ring (bicyclic) bond motifs is 1. The molecule has 6 rings (SSSR count). The van der Waals surface area contributed by atoms with Gasteiger partial charge in [0.05, 0.1) is 17.3 Å². The second kappa shape index (κ2) is 10.5. The van der Waals surface area contributed by atoms with Crippen LogP contribution in [0, 0.1) is 5.92 Å². The molecule has 5 heteroatoms. The van der Waals surface area contributed by atoms with Gasteiger partial charge in [0.25, 0.3) is 5.91 Å². The van der Waals surface area contributed by atoms with E-state index in [1.54, 1.807) is 35.3 Å². The zero-order valence-corrected chi connectivity index (χ0v) is 21.4. The number of benzene rings is 4. The Balaban J connectivity index is 1.47. The van der Waals surface area contributed by atoms with Crippen LogP contribution in [0.5, 0.6) is 0 Å². The van der Waals surface area contributed by atoms with Gasteiger partial charge >= 0.3 is 5.97 Å². The molecule has 1 aliphatic heterocycles. The van der Waals surface area contributed by atoms with E-state index in [0.29, 0.717) is 16.7 Å². The monoisotopic (exact) mass is 512 g/mol. The van der Waals surface area contributed by atoms with Crippen LogP contribution in [0.4, 0.5) is 0 Å². The van der Waals surface area contributed by atoms with Crippen molar-refractivity contribution in [2.24, 2.45) is 11.0 Å². The molecular formula is C34H28N2O3. The predicted octanol–water partition coefficient (Wildman–Crippen LogP) is 7.49. The Hall–Kier alpha value is -4.77. The first kappa shape index (κ1) is 24.6. The third-order valence-electron chi connectivity index (χ3n) is 7.60. The number of hydrogen-bond donors (Lipinski definition) is 1. The highest BCUT2D eigenvalue weighted by Crippen LogP contribution is 2.45. The van der Waals surface area contributed by atoms with Gasteiger partial charge in [-0.2, -0.15) is 5.10 Å². The van der Waals surface area contributed by atoms with E-state index in [1.807, 2.05) is 54.6 Å². The van der Waals surface area contributed by atoms with Gasteiger partial charge in [0.1, 0.15) is 0 Å². The third-order valence-corrected chi connectivity index (χ3v) is 7.60. The minimum Gasteiger partial charge on any atom is -0.478 e. The number of carboxylic acid groups (broad SMARTS) is 1. The van der Waals surface area contributed by atoms with Gasteiger partial charge in [0.15, 0.2) is 0 Å². The van der Waals surface area contributed by atoms with Crippen molar-refractivity contribution < 1.29 is 14.7 Å². The quantitative estimate of drug-likeness (QED) is 0.301. The minimum absolute atomic E-state index is 0.0820. The molecule has 192 valence electrons. The maximum absolute atomic E-state index is 14.4. The average molecular weight is 513 g/mol. The van der Waals surface area contributed by atoms with Crippen LogP contribution in [0.25, 0.3) is 17.2 Å². The first-order chi connectivity index (χ1) is 19.1. The molecule has 2 atom stereocenters. The molecule has 1 aliphatic carbocycles. The van der Waals surface area contributed by atoms with Crippen LogP contribution in [-0.4, -0.2) is 27.7 Å². The molecule has 1 fully saturated rings. The van der Waals surface area contributed by atoms with Crippen molar-refractivity contribution in [3.8, 4) is 11.1 Å². The summed E-state index contributed by atoms with van der Waals surface area (Å²) in [6.07, 6.45) is 5.07. The van der Waals surface area contributed by atoms with E-state index in [2.05, 4.69) is 30.3 Å². The second-order valence-corrected chi connectivity index (χ2v) is 9.97. The van der Waals surface area contributed by atoms with Crippen LogP contribution >= 0.6 is 0 Å². The van der Waals surface area contributed by atoms with Crippen molar-refractivity contribution in [2.75, 3.05) is 0 Å².